The molecule has 1 aliphatic carbocycles. The Labute approximate surface area is 101 Å². The summed E-state index contributed by atoms with van der Waals surface area (Å²) >= 11 is 0. The van der Waals surface area contributed by atoms with E-state index in [1.165, 1.54) is 58.0 Å². The van der Waals surface area contributed by atoms with Gasteiger partial charge in [-0.3, -0.25) is 0 Å². The Kier molecular flexibility index (Phi) is 4.66. The third-order valence-electron chi connectivity index (χ3n) is 4.58. The molecule has 0 aromatic rings. The third kappa shape index (κ3) is 3.46. The fraction of sp³-hybridized carbons (Fsp3) is 1.00. The molecule has 16 heavy (non-hydrogen) atoms. The smallest absolute Gasteiger partial charge is 0.0217 e. The number of rotatable bonds is 3. The van der Waals surface area contributed by atoms with Crippen molar-refractivity contribution in [1.29, 1.82) is 0 Å². The van der Waals surface area contributed by atoms with Crippen LogP contribution in [0.15, 0.2) is 0 Å². The average molecular weight is 224 g/mol. The summed E-state index contributed by atoms with van der Waals surface area (Å²) in [5.41, 5.74) is 0. The lowest BCUT2D eigenvalue weighted by Gasteiger charge is -2.35. The molecule has 0 radical (unpaired) electrons. The number of hydrogen-bond acceptors (Lipinski definition) is 2. The maximum Gasteiger partial charge on any atom is 0.0217 e. The van der Waals surface area contributed by atoms with E-state index in [4.69, 9.17) is 0 Å². The summed E-state index contributed by atoms with van der Waals surface area (Å²) in [6, 6.07) is 1.61. The number of likely N-dealkylation sites (N-methyl/N-ethyl adjacent to an activating group) is 1. The molecule has 0 aromatic carbocycles. The van der Waals surface area contributed by atoms with Crippen molar-refractivity contribution < 1.29 is 0 Å². The zero-order valence-electron chi connectivity index (χ0n) is 11.0. The summed E-state index contributed by atoms with van der Waals surface area (Å²) in [7, 11) is 2.29. The normalized spacial score (nSPS) is 37.5. The van der Waals surface area contributed by atoms with Crippen LogP contribution in [0, 0.1) is 5.92 Å². The third-order valence-corrected chi connectivity index (χ3v) is 4.58. The highest BCUT2D eigenvalue weighted by Crippen LogP contribution is 2.23. The van der Waals surface area contributed by atoms with Gasteiger partial charge in [0.05, 0.1) is 0 Å². The van der Waals surface area contributed by atoms with Crippen molar-refractivity contribution in [3.63, 3.8) is 0 Å². The summed E-state index contributed by atoms with van der Waals surface area (Å²) in [5.74, 6) is 0.968. The van der Waals surface area contributed by atoms with Crippen molar-refractivity contribution in [3.8, 4) is 0 Å². The van der Waals surface area contributed by atoms with E-state index in [1.807, 2.05) is 0 Å². The van der Waals surface area contributed by atoms with E-state index in [0.717, 1.165) is 18.0 Å². The first kappa shape index (κ1) is 12.4. The molecule has 2 heteroatoms. The monoisotopic (exact) mass is 224 g/mol. The Morgan fingerprint density at radius 3 is 2.50 bits per heavy atom. The lowest BCUT2D eigenvalue weighted by Crippen LogP contribution is -2.46. The molecule has 2 aliphatic rings. The van der Waals surface area contributed by atoms with Crippen LogP contribution in [0.25, 0.3) is 0 Å². The summed E-state index contributed by atoms with van der Waals surface area (Å²) in [6.07, 6.45) is 9.88. The van der Waals surface area contributed by atoms with Gasteiger partial charge in [-0.05, 0) is 58.0 Å². The summed E-state index contributed by atoms with van der Waals surface area (Å²) < 4.78 is 0. The zero-order valence-corrected chi connectivity index (χ0v) is 11.0. The molecule has 0 amide bonds. The first-order chi connectivity index (χ1) is 7.75. The summed E-state index contributed by atoms with van der Waals surface area (Å²) in [5, 5.41) is 3.80. The maximum atomic E-state index is 3.80. The van der Waals surface area contributed by atoms with Crippen molar-refractivity contribution >= 4 is 0 Å². The molecule has 1 unspecified atom stereocenters. The average Bonchev–Trinajstić information content (AvgIpc) is 2.30. The molecule has 94 valence electrons. The Bertz CT molecular complexity index is 197. The molecule has 0 bridgehead atoms. The van der Waals surface area contributed by atoms with Crippen LogP contribution in [-0.2, 0) is 0 Å². The van der Waals surface area contributed by atoms with E-state index < -0.39 is 0 Å². The van der Waals surface area contributed by atoms with Crippen molar-refractivity contribution in [2.75, 3.05) is 20.1 Å². The molecule has 1 saturated carbocycles. The molecular formula is C14H28N2. The quantitative estimate of drug-likeness (QED) is 0.793. The number of likely N-dealkylation sites (tertiary alicyclic amines) is 1. The first-order valence-electron chi connectivity index (χ1n) is 7.19. The minimum Gasteiger partial charge on any atom is -0.312 e. The summed E-state index contributed by atoms with van der Waals surface area (Å²) in [6.45, 7) is 4.91. The van der Waals surface area contributed by atoms with Crippen LogP contribution in [0.1, 0.15) is 51.9 Å². The molecular weight excluding hydrogens is 196 g/mol. The number of nitrogens with one attached hydrogen (secondary N) is 1. The standard InChI is InChI=1S/C14H28N2/c1-12-6-8-13(9-7-12)15-11-14-5-3-4-10-16(14)2/h12-15H,3-11H2,1-2H3. The first-order valence-corrected chi connectivity index (χ1v) is 7.19. The minimum atomic E-state index is 0.799. The fourth-order valence-electron chi connectivity index (χ4n) is 3.17. The molecule has 2 nitrogen and oxygen atoms in total. The van der Waals surface area contributed by atoms with Gasteiger partial charge in [0.1, 0.15) is 0 Å². The van der Waals surface area contributed by atoms with Crippen LogP contribution in [0.5, 0.6) is 0 Å². The largest absolute Gasteiger partial charge is 0.312 e. The van der Waals surface area contributed by atoms with Gasteiger partial charge in [0, 0.05) is 18.6 Å². The predicted molar refractivity (Wildman–Crippen MR) is 69.7 cm³/mol. The molecule has 1 saturated heterocycles. The van der Waals surface area contributed by atoms with Gasteiger partial charge in [0.2, 0.25) is 0 Å². The minimum absolute atomic E-state index is 0.799. The van der Waals surface area contributed by atoms with Gasteiger partial charge in [0.15, 0.2) is 0 Å². The van der Waals surface area contributed by atoms with E-state index in [1.54, 1.807) is 0 Å². The number of piperidine rings is 1. The highest BCUT2D eigenvalue weighted by molar-refractivity contribution is 4.80. The Morgan fingerprint density at radius 2 is 1.81 bits per heavy atom. The molecule has 1 atom stereocenters. The van der Waals surface area contributed by atoms with Crippen molar-refractivity contribution in [1.82, 2.24) is 10.2 Å². The van der Waals surface area contributed by atoms with Crippen molar-refractivity contribution in [2.24, 2.45) is 5.92 Å². The molecule has 0 spiro atoms. The second-order valence-electron chi connectivity index (χ2n) is 6.00. The second kappa shape index (κ2) is 6.02. The van der Waals surface area contributed by atoms with Gasteiger partial charge in [0.25, 0.3) is 0 Å². The topological polar surface area (TPSA) is 15.3 Å². The zero-order chi connectivity index (χ0) is 11.4. The Hall–Kier alpha value is -0.0800. The maximum absolute atomic E-state index is 3.80. The Balaban J connectivity index is 1.66. The Morgan fingerprint density at radius 1 is 1.06 bits per heavy atom. The highest BCUT2D eigenvalue weighted by Gasteiger charge is 2.22. The fourth-order valence-corrected chi connectivity index (χ4v) is 3.17. The van der Waals surface area contributed by atoms with Crippen molar-refractivity contribution in [3.05, 3.63) is 0 Å². The van der Waals surface area contributed by atoms with Gasteiger partial charge in [-0.15, -0.1) is 0 Å². The number of hydrogen-bond donors (Lipinski definition) is 1. The van der Waals surface area contributed by atoms with Crippen LogP contribution < -0.4 is 5.32 Å². The number of nitrogens with zero attached hydrogens (tertiary/aromatic N) is 1. The molecule has 2 fully saturated rings. The van der Waals surface area contributed by atoms with Gasteiger partial charge in [-0.1, -0.05) is 13.3 Å². The van der Waals surface area contributed by atoms with E-state index in [0.29, 0.717) is 0 Å². The highest BCUT2D eigenvalue weighted by atomic mass is 15.2. The molecule has 1 aliphatic heterocycles. The van der Waals surface area contributed by atoms with Gasteiger partial charge in [-0.2, -0.15) is 0 Å². The SMILES string of the molecule is CC1CCC(NCC2CCCCN2C)CC1. The van der Waals surface area contributed by atoms with E-state index in [2.05, 4.69) is 24.2 Å². The van der Waals surface area contributed by atoms with E-state index >= 15 is 0 Å². The van der Waals surface area contributed by atoms with Crippen LogP contribution in [0.3, 0.4) is 0 Å². The van der Waals surface area contributed by atoms with Crippen LogP contribution >= 0.6 is 0 Å². The molecule has 2 rings (SSSR count). The van der Waals surface area contributed by atoms with Crippen LogP contribution in [-0.4, -0.2) is 37.1 Å². The van der Waals surface area contributed by atoms with E-state index in [-0.39, 0.29) is 0 Å². The second-order valence-corrected chi connectivity index (χ2v) is 6.00. The summed E-state index contributed by atoms with van der Waals surface area (Å²) in [4.78, 5) is 2.54. The molecule has 0 aromatic heterocycles. The lowest BCUT2D eigenvalue weighted by atomic mass is 9.87. The van der Waals surface area contributed by atoms with Crippen molar-refractivity contribution in [2.45, 2.75) is 64.0 Å². The van der Waals surface area contributed by atoms with Gasteiger partial charge >= 0.3 is 0 Å². The van der Waals surface area contributed by atoms with E-state index in [9.17, 15) is 0 Å². The lowest BCUT2D eigenvalue weighted by molar-refractivity contribution is 0.172. The van der Waals surface area contributed by atoms with Gasteiger partial charge in [-0.25, -0.2) is 0 Å². The predicted octanol–water partition coefficient (Wildman–Crippen LogP) is 2.64. The molecule has 1 heterocycles. The van der Waals surface area contributed by atoms with Crippen LogP contribution in [0.4, 0.5) is 0 Å². The van der Waals surface area contributed by atoms with Crippen LogP contribution in [0.2, 0.25) is 0 Å². The van der Waals surface area contributed by atoms with Gasteiger partial charge < -0.3 is 10.2 Å². The molecule has 1 N–H and O–H groups in total.